The maximum atomic E-state index is 9.58. The van der Waals surface area contributed by atoms with Crippen molar-refractivity contribution >= 4 is 16.5 Å². The van der Waals surface area contributed by atoms with E-state index in [0.717, 1.165) is 33.7 Å². The normalized spacial score (nSPS) is 10.7. The van der Waals surface area contributed by atoms with Crippen molar-refractivity contribution in [3.8, 4) is 27.4 Å². The molecule has 0 bridgehead atoms. The summed E-state index contributed by atoms with van der Waals surface area (Å²) in [7, 11) is 0. The second kappa shape index (κ2) is 5.54. The maximum Gasteiger partial charge on any atom is 0.203 e. The summed E-state index contributed by atoms with van der Waals surface area (Å²) in [4.78, 5) is 0. The van der Waals surface area contributed by atoms with Crippen LogP contribution in [-0.4, -0.2) is 15.3 Å². The van der Waals surface area contributed by atoms with E-state index >= 15 is 0 Å². The molecule has 0 spiro atoms. The Morgan fingerprint density at radius 2 is 1.76 bits per heavy atom. The van der Waals surface area contributed by atoms with E-state index in [0.29, 0.717) is 10.9 Å². The molecule has 0 aliphatic heterocycles. The van der Waals surface area contributed by atoms with Crippen LogP contribution in [0.2, 0.25) is 0 Å². The van der Waals surface area contributed by atoms with Crippen LogP contribution in [0.15, 0.2) is 42.5 Å². The Morgan fingerprint density at radius 3 is 2.38 bits per heavy atom. The molecule has 0 fully saturated rings. The molecule has 0 aliphatic rings. The van der Waals surface area contributed by atoms with E-state index in [2.05, 4.69) is 29.3 Å². The summed E-state index contributed by atoms with van der Waals surface area (Å²) >= 11 is 1.37. The van der Waals surface area contributed by atoms with Crippen molar-refractivity contribution in [2.75, 3.05) is 5.73 Å². The molecule has 0 saturated carbocycles. The first kappa shape index (κ1) is 13.6. The maximum absolute atomic E-state index is 9.58. The standard InChI is InChI=1S/C16H15N3OS/c1-2-10-9-13(20)7-8-14(10)11-3-5-12(6-4-11)15-18-19-16(17)21-15/h3-9,20H,2H2,1H3,(H2,17,19). The summed E-state index contributed by atoms with van der Waals surface area (Å²) in [5, 5.41) is 18.8. The van der Waals surface area contributed by atoms with Gasteiger partial charge < -0.3 is 10.8 Å². The zero-order valence-electron chi connectivity index (χ0n) is 11.6. The highest BCUT2D eigenvalue weighted by atomic mass is 32.1. The van der Waals surface area contributed by atoms with Crippen molar-refractivity contribution in [3.05, 3.63) is 48.0 Å². The van der Waals surface area contributed by atoms with E-state index in [4.69, 9.17) is 5.73 Å². The summed E-state index contributed by atoms with van der Waals surface area (Å²) in [5.41, 5.74) is 10.00. The lowest BCUT2D eigenvalue weighted by Gasteiger charge is -2.09. The van der Waals surface area contributed by atoms with Crippen LogP contribution in [0.1, 0.15) is 12.5 Å². The van der Waals surface area contributed by atoms with E-state index in [1.54, 1.807) is 6.07 Å². The number of hydrogen-bond acceptors (Lipinski definition) is 5. The molecule has 4 nitrogen and oxygen atoms in total. The molecule has 0 aliphatic carbocycles. The molecular weight excluding hydrogens is 282 g/mol. The highest BCUT2D eigenvalue weighted by molar-refractivity contribution is 7.18. The second-order valence-corrected chi connectivity index (χ2v) is 5.73. The zero-order chi connectivity index (χ0) is 14.8. The first-order valence-corrected chi connectivity index (χ1v) is 7.50. The third-order valence-electron chi connectivity index (χ3n) is 3.35. The predicted molar refractivity (Wildman–Crippen MR) is 86.2 cm³/mol. The monoisotopic (exact) mass is 297 g/mol. The van der Waals surface area contributed by atoms with Gasteiger partial charge in [0.1, 0.15) is 10.8 Å². The van der Waals surface area contributed by atoms with Crippen LogP contribution in [-0.2, 0) is 6.42 Å². The van der Waals surface area contributed by atoms with Gasteiger partial charge in [0.25, 0.3) is 0 Å². The first-order valence-electron chi connectivity index (χ1n) is 6.69. The van der Waals surface area contributed by atoms with Gasteiger partial charge in [-0.05, 0) is 35.2 Å². The highest BCUT2D eigenvalue weighted by Gasteiger charge is 2.07. The van der Waals surface area contributed by atoms with Crippen LogP contribution in [0.5, 0.6) is 5.75 Å². The molecule has 106 valence electrons. The molecule has 3 N–H and O–H groups in total. The fourth-order valence-electron chi connectivity index (χ4n) is 2.30. The molecule has 2 aromatic carbocycles. The van der Waals surface area contributed by atoms with Crippen LogP contribution in [0.3, 0.4) is 0 Å². The molecule has 0 amide bonds. The molecule has 0 atom stereocenters. The third-order valence-corrected chi connectivity index (χ3v) is 4.15. The largest absolute Gasteiger partial charge is 0.508 e. The van der Waals surface area contributed by atoms with Gasteiger partial charge in [-0.25, -0.2) is 0 Å². The van der Waals surface area contributed by atoms with Gasteiger partial charge in [0, 0.05) is 5.56 Å². The van der Waals surface area contributed by atoms with Crippen molar-refractivity contribution in [2.45, 2.75) is 13.3 Å². The number of nitrogen functional groups attached to an aromatic ring is 1. The Labute approximate surface area is 126 Å². The molecule has 5 heteroatoms. The van der Waals surface area contributed by atoms with Crippen LogP contribution in [0.25, 0.3) is 21.7 Å². The minimum absolute atomic E-state index is 0.302. The van der Waals surface area contributed by atoms with Crippen molar-refractivity contribution in [3.63, 3.8) is 0 Å². The Balaban J connectivity index is 1.98. The smallest absolute Gasteiger partial charge is 0.203 e. The lowest BCUT2D eigenvalue weighted by molar-refractivity contribution is 0.474. The number of rotatable bonds is 3. The molecule has 0 saturated heterocycles. The minimum atomic E-state index is 0.302. The van der Waals surface area contributed by atoms with Crippen LogP contribution in [0, 0.1) is 0 Å². The average Bonchev–Trinajstić information content (AvgIpc) is 2.94. The number of anilines is 1. The Kier molecular flexibility index (Phi) is 3.58. The molecular formula is C16H15N3OS. The molecule has 3 aromatic rings. The number of aromatic nitrogens is 2. The van der Waals surface area contributed by atoms with E-state index in [1.807, 2.05) is 24.3 Å². The Hall–Kier alpha value is -2.40. The molecule has 21 heavy (non-hydrogen) atoms. The predicted octanol–water partition coefficient (Wildman–Crippen LogP) is 3.72. The Bertz CT molecular complexity index is 765. The summed E-state index contributed by atoms with van der Waals surface area (Å²) in [5.74, 6) is 0.302. The number of hydrogen-bond donors (Lipinski definition) is 2. The molecule has 0 unspecified atom stereocenters. The SMILES string of the molecule is CCc1cc(O)ccc1-c1ccc(-c2nnc(N)s2)cc1. The van der Waals surface area contributed by atoms with Crippen LogP contribution >= 0.6 is 11.3 Å². The number of nitrogens with two attached hydrogens (primary N) is 1. The zero-order valence-corrected chi connectivity index (χ0v) is 12.4. The molecule has 1 aromatic heterocycles. The van der Waals surface area contributed by atoms with E-state index in [1.165, 1.54) is 11.3 Å². The van der Waals surface area contributed by atoms with Gasteiger partial charge in [0.15, 0.2) is 0 Å². The van der Waals surface area contributed by atoms with Gasteiger partial charge in [-0.3, -0.25) is 0 Å². The van der Waals surface area contributed by atoms with E-state index in [-0.39, 0.29) is 0 Å². The second-order valence-electron chi connectivity index (χ2n) is 4.72. The molecule has 1 heterocycles. The van der Waals surface area contributed by atoms with Crippen molar-refractivity contribution < 1.29 is 5.11 Å². The summed E-state index contributed by atoms with van der Waals surface area (Å²) < 4.78 is 0. The lowest BCUT2D eigenvalue weighted by atomic mass is 9.97. The van der Waals surface area contributed by atoms with E-state index in [9.17, 15) is 5.11 Å². The summed E-state index contributed by atoms with van der Waals surface area (Å²) in [6.07, 6.45) is 0.873. The topological polar surface area (TPSA) is 72.0 Å². The molecule has 0 radical (unpaired) electrons. The number of benzene rings is 2. The van der Waals surface area contributed by atoms with Crippen LogP contribution < -0.4 is 5.73 Å². The van der Waals surface area contributed by atoms with Crippen LogP contribution in [0.4, 0.5) is 5.13 Å². The van der Waals surface area contributed by atoms with Crippen molar-refractivity contribution in [2.24, 2.45) is 0 Å². The number of aryl methyl sites for hydroxylation is 1. The quantitative estimate of drug-likeness (QED) is 0.772. The van der Waals surface area contributed by atoms with Gasteiger partial charge in [-0.15, -0.1) is 10.2 Å². The number of phenolic OH excluding ortho intramolecular Hbond substituents is 1. The Morgan fingerprint density at radius 1 is 1.05 bits per heavy atom. The minimum Gasteiger partial charge on any atom is -0.508 e. The van der Waals surface area contributed by atoms with Crippen molar-refractivity contribution in [1.82, 2.24) is 10.2 Å². The van der Waals surface area contributed by atoms with E-state index < -0.39 is 0 Å². The average molecular weight is 297 g/mol. The highest BCUT2D eigenvalue weighted by Crippen LogP contribution is 2.30. The van der Waals surface area contributed by atoms with Crippen molar-refractivity contribution in [1.29, 1.82) is 0 Å². The van der Waals surface area contributed by atoms with Gasteiger partial charge in [0.05, 0.1) is 0 Å². The lowest BCUT2D eigenvalue weighted by Crippen LogP contribution is -1.87. The first-order chi connectivity index (χ1) is 10.2. The molecule has 3 rings (SSSR count). The summed E-state index contributed by atoms with van der Waals surface area (Å²) in [6.45, 7) is 2.08. The third kappa shape index (κ3) is 2.73. The van der Waals surface area contributed by atoms with Gasteiger partial charge in [0.2, 0.25) is 5.13 Å². The summed E-state index contributed by atoms with van der Waals surface area (Å²) in [6, 6.07) is 13.6. The fourth-order valence-corrected chi connectivity index (χ4v) is 2.91. The number of aromatic hydroxyl groups is 1. The van der Waals surface area contributed by atoms with Gasteiger partial charge in [-0.1, -0.05) is 48.6 Å². The van der Waals surface area contributed by atoms with Gasteiger partial charge >= 0.3 is 0 Å². The number of nitrogens with zero attached hydrogens (tertiary/aromatic N) is 2. The number of phenols is 1. The fraction of sp³-hybridized carbons (Fsp3) is 0.125. The van der Waals surface area contributed by atoms with Gasteiger partial charge in [-0.2, -0.15) is 0 Å².